The molecule has 1 aromatic carbocycles. The number of fused-ring (bicyclic) bond motifs is 5. The summed E-state index contributed by atoms with van der Waals surface area (Å²) in [5.74, 6) is -3.80. The van der Waals surface area contributed by atoms with Crippen molar-refractivity contribution in [2.75, 3.05) is 36.9 Å². The minimum absolute atomic E-state index is 0.00579. The Morgan fingerprint density at radius 3 is 2.28 bits per heavy atom. The molecule has 310 valence electrons. The minimum atomic E-state index is -5.38. The maximum Gasteiger partial charge on any atom is 0.573 e. The van der Waals surface area contributed by atoms with Gasteiger partial charge in [0, 0.05) is 42.7 Å². The third kappa shape index (κ3) is 7.35. The van der Waals surface area contributed by atoms with E-state index in [9.17, 15) is 22.8 Å². The van der Waals surface area contributed by atoms with Crippen molar-refractivity contribution in [3.8, 4) is 22.9 Å². The summed E-state index contributed by atoms with van der Waals surface area (Å²) in [5.41, 5.74) is -3.12. The van der Waals surface area contributed by atoms with Crippen LogP contribution in [0.1, 0.15) is 91.8 Å². The number of aromatic nitrogens is 2. The number of rotatable bonds is 5. The number of piperazine rings is 1. The van der Waals surface area contributed by atoms with Gasteiger partial charge in [-0.3, -0.25) is 10.2 Å². The smallest absolute Gasteiger partial charge is 0.472 e. The van der Waals surface area contributed by atoms with Gasteiger partial charge in [0.15, 0.2) is 17.4 Å². The number of anilines is 2. The van der Waals surface area contributed by atoms with E-state index in [1.165, 1.54) is 0 Å². The molecular formula is C40H49F5N6O6. The fourth-order valence-electron chi connectivity index (χ4n) is 8.96. The molecule has 1 N–H and O–H groups in total. The van der Waals surface area contributed by atoms with Crippen LogP contribution in [0, 0.1) is 18.6 Å². The number of nitrogens with one attached hydrogen (secondary N) is 1. The van der Waals surface area contributed by atoms with Crippen LogP contribution in [-0.2, 0) is 9.47 Å². The molecule has 2 aromatic heterocycles. The summed E-state index contributed by atoms with van der Waals surface area (Å²) >= 11 is 0. The molecule has 0 saturated carbocycles. The van der Waals surface area contributed by atoms with Crippen LogP contribution in [0.15, 0.2) is 12.1 Å². The van der Waals surface area contributed by atoms with Gasteiger partial charge in [-0.05, 0) is 93.3 Å². The molecule has 2 bridgehead atoms. The zero-order valence-corrected chi connectivity index (χ0v) is 33.8. The Kier molecular flexibility index (Phi) is 9.76. The number of pyridine rings is 2. The first kappa shape index (κ1) is 40.5. The number of aryl methyl sites for hydroxylation is 1. The molecule has 2 amide bonds. The Balaban J connectivity index is 1.46. The van der Waals surface area contributed by atoms with Crippen LogP contribution in [0.2, 0.25) is 0 Å². The zero-order valence-electron chi connectivity index (χ0n) is 33.8. The van der Waals surface area contributed by atoms with Crippen LogP contribution in [-0.4, -0.2) is 99.9 Å². The predicted molar refractivity (Wildman–Crippen MR) is 202 cm³/mol. The van der Waals surface area contributed by atoms with Crippen LogP contribution in [0.5, 0.6) is 11.6 Å². The maximum absolute atomic E-state index is 17.6. The summed E-state index contributed by atoms with van der Waals surface area (Å²) < 4.78 is 97.0. The van der Waals surface area contributed by atoms with Crippen molar-refractivity contribution >= 4 is 34.5 Å². The first-order chi connectivity index (χ1) is 26.4. The lowest BCUT2D eigenvalue weighted by Gasteiger charge is -2.53. The quantitative estimate of drug-likeness (QED) is 0.251. The van der Waals surface area contributed by atoms with Gasteiger partial charge in [-0.1, -0.05) is 6.92 Å². The van der Waals surface area contributed by atoms with Crippen LogP contribution < -0.4 is 19.7 Å². The third-order valence-electron chi connectivity index (χ3n) is 11.2. The van der Waals surface area contributed by atoms with Crippen LogP contribution in [0.3, 0.4) is 0 Å². The summed E-state index contributed by atoms with van der Waals surface area (Å²) in [4.78, 5) is 42.4. The second-order valence-electron chi connectivity index (χ2n) is 17.7. The number of carbonyl (C=O) groups excluding carboxylic acids is 2. The average molecular weight is 805 g/mol. The van der Waals surface area contributed by atoms with Crippen molar-refractivity contribution in [1.82, 2.24) is 19.8 Å². The molecule has 6 heterocycles. The number of nitrogens with zero attached hydrogens (tertiary/aromatic N) is 5. The molecule has 0 radical (unpaired) electrons. The van der Waals surface area contributed by atoms with Gasteiger partial charge in [0.2, 0.25) is 5.88 Å². The van der Waals surface area contributed by atoms with Crippen molar-refractivity contribution < 1.29 is 50.5 Å². The van der Waals surface area contributed by atoms with Gasteiger partial charge in [-0.15, -0.1) is 13.2 Å². The van der Waals surface area contributed by atoms with Gasteiger partial charge in [-0.2, -0.15) is 0 Å². The number of alkyl halides is 3. The maximum atomic E-state index is 17.6. The van der Waals surface area contributed by atoms with Crippen molar-refractivity contribution in [2.24, 2.45) is 0 Å². The molecule has 7 rings (SSSR count). The predicted octanol–water partition coefficient (Wildman–Crippen LogP) is 8.68. The largest absolute Gasteiger partial charge is 0.573 e. The average Bonchev–Trinajstić information content (AvgIpc) is 3.27. The molecule has 4 aliphatic heterocycles. The summed E-state index contributed by atoms with van der Waals surface area (Å²) in [6.07, 6.45) is -5.68. The lowest BCUT2D eigenvalue weighted by atomic mass is 9.88. The van der Waals surface area contributed by atoms with E-state index in [1.807, 2.05) is 18.9 Å². The highest BCUT2D eigenvalue weighted by Crippen LogP contribution is 2.52. The number of benzene rings is 1. The molecule has 4 atom stereocenters. The highest BCUT2D eigenvalue weighted by Gasteiger charge is 2.60. The van der Waals surface area contributed by atoms with Crippen LogP contribution >= 0.6 is 0 Å². The number of carbonyl (C=O) groups is 2. The Hall–Kier alpha value is -4.67. The van der Waals surface area contributed by atoms with Gasteiger partial charge >= 0.3 is 18.5 Å². The van der Waals surface area contributed by atoms with E-state index in [4.69, 9.17) is 19.2 Å². The molecule has 3 aromatic rings. The molecule has 0 unspecified atom stereocenters. The van der Waals surface area contributed by atoms with Gasteiger partial charge in [0.1, 0.15) is 28.8 Å². The number of likely N-dealkylation sites (tertiary alicyclic amines) is 1. The molecule has 3 saturated heterocycles. The summed E-state index contributed by atoms with van der Waals surface area (Å²) in [6, 6.07) is 0.643. The highest BCUT2D eigenvalue weighted by molar-refractivity contribution is 6.02. The Bertz CT molecular complexity index is 2130. The molecule has 12 nitrogen and oxygen atoms in total. The van der Waals surface area contributed by atoms with E-state index < -0.39 is 82.1 Å². The van der Waals surface area contributed by atoms with Crippen LogP contribution in [0.25, 0.3) is 22.0 Å². The van der Waals surface area contributed by atoms with Gasteiger partial charge in [0.05, 0.1) is 34.3 Å². The van der Waals surface area contributed by atoms with E-state index in [0.717, 1.165) is 6.07 Å². The van der Waals surface area contributed by atoms with Crippen molar-refractivity contribution in [3.05, 3.63) is 35.0 Å². The molecule has 57 heavy (non-hydrogen) atoms. The Labute approximate surface area is 328 Å². The van der Waals surface area contributed by atoms with Crippen molar-refractivity contribution in [2.45, 2.75) is 129 Å². The number of hydrogen-bond acceptors (Lipinski definition) is 10. The number of ether oxygens (including phenoxy) is 4. The first-order valence-electron chi connectivity index (χ1n) is 19.2. The standard InChI is InChI=1S/C40H49F5N6O6/c1-11-39-13-12-25(51(39)36(53)57-38(7,8)9)31-20(3)54-34-27-26(19(2)29(21-16-49(10)17-21)47-33(27)50(31)18-39)28(42)30(48-34)23-14-22(46-35(52)56-37(4,5)6)15-24(41)32(23)55-40(43,44)45/h14-15,20-21,25,31H,11-13,16-18H2,1-10H3,(H,46,52)/t20-,25-,31+,39+/m0/s1. The number of halogens is 5. The Morgan fingerprint density at radius 1 is 1.02 bits per heavy atom. The van der Waals surface area contributed by atoms with Gasteiger partial charge < -0.3 is 28.7 Å². The lowest BCUT2D eigenvalue weighted by Crippen LogP contribution is -2.70. The van der Waals surface area contributed by atoms with Gasteiger partial charge in [0.25, 0.3) is 0 Å². The normalized spacial score (nSPS) is 23.7. The van der Waals surface area contributed by atoms with Gasteiger partial charge in [-0.25, -0.2) is 28.3 Å². The number of likely N-dealkylation sites (N-methyl/N-ethyl adjacent to an activating group) is 1. The summed E-state index contributed by atoms with van der Waals surface area (Å²) in [7, 11) is 1.95. The molecule has 4 aliphatic rings. The molecule has 0 aliphatic carbocycles. The third-order valence-corrected chi connectivity index (χ3v) is 11.2. The van der Waals surface area contributed by atoms with E-state index in [0.29, 0.717) is 62.0 Å². The zero-order chi connectivity index (χ0) is 41.7. The lowest BCUT2D eigenvalue weighted by molar-refractivity contribution is -0.275. The molecule has 17 heteroatoms. The van der Waals surface area contributed by atoms with Crippen molar-refractivity contribution in [3.63, 3.8) is 0 Å². The molecule has 3 fully saturated rings. The fraction of sp³-hybridized carbons (Fsp3) is 0.600. The monoisotopic (exact) mass is 804 g/mol. The van der Waals surface area contributed by atoms with Crippen LogP contribution in [0.4, 0.5) is 43.0 Å². The molecular weight excluding hydrogens is 755 g/mol. The second kappa shape index (κ2) is 13.7. The van der Waals surface area contributed by atoms with Crippen molar-refractivity contribution in [1.29, 1.82) is 0 Å². The SMILES string of the molecule is CC[C@@]12CC[C@@H]([C@H]3[C@H](C)Oc4nc(-c5cc(NC(=O)OC(C)(C)C)cc(F)c5OC(F)(F)F)c(F)c5c(C)c(C6CN(C)C6)nc(c45)N3C1)N2C(=O)OC(C)(C)C. The van der Waals surface area contributed by atoms with E-state index >= 15 is 8.78 Å². The van der Waals surface area contributed by atoms with E-state index in [-0.39, 0.29) is 28.3 Å². The minimum Gasteiger partial charge on any atom is -0.472 e. The highest BCUT2D eigenvalue weighted by atomic mass is 19.4. The fourth-order valence-corrected chi connectivity index (χ4v) is 8.96. The van der Waals surface area contributed by atoms with E-state index in [1.54, 1.807) is 55.4 Å². The first-order valence-corrected chi connectivity index (χ1v) is 19.2. The molecule has 0 spiro atoms. The van der Waals surface area contributed by atoms with E-state index in [2.05, 4.69) is 24.8 Å². The summed E-state index contributed by atoms with van der Waals surface area (Å²) in [6.45, 7) is 17.3. The Morgan fingerprint density at radius 2 is 1.68 bits per heavy atom. The summed E-state index contributed by atoms with van der Waals surface area (Å²) in [5, 5.41) is 2.52. The second-order valence-corrected chi connectivity index (χ2v) is 17.7. The number of amides is 2. The topological polar surface area (TPSA) is 119 Å². The number of hydrogen-bond donors (Lipinski definition) is 1.